The Labute approximate surface area is 164 Å². The molecule has 0 spiro atoms. The van der Waals surface area contributed by atoms with E-state index >= 15 is 0 Å². The molecule has 0 fully saturated rings. The molecule has 2 rings (SSSR count). The Bertz CT molecular complexity index is 784. The number of benzene rings is 2. The van der Waals surface area contributed by atoms with E-state index in [1.165, 1.54) is 11.1 Å². The lowest BCUT2D eigenvalue weighted by molar-refractivity contribution is -0.117. The van der Waals surface area contributed by atoms with E-state index in [0.29, 0.717) is 0 Å². The van der Waals surface area contributed by atoms with E-state index < -0.39 is 0 Å². The Hall–Kier alpha value is -2.35. The third kappa shape index (κ3) is 6.09. The average molecular weight is 364 g/mol. The molecule has 0 aliphatic carbocycles. The van der Waals surface area contributed by atoms with Crippen LogP contribution in [0.1, 0.15) is 76.8 Å². The van der Waals surface area contributed by atoms with Gasteiger partial charge in [0.1, 0.15) is 0 Å². The molecule has 2 nitrogen and oxygen atoms in total. The summed E-state index contributed by atoms with van der Waals surface area (Å²) < 4.78 is 0. The molecule has 27 heavy (non-hydrogen) atoms. The zero-order valence-corrected chi connectivity index (χ0v) is 17.8. The Morgan fingerprint density at radius 2 is 1.26 bits per heavy atom. The van der Waals surface area contributed by atoms with Crippen molar-refractivity contribution in [2.45, 2.75) is 65.3 Å². The minimum absolute atomic E-state index is 0.0283. The normalized spacial score (nSPS) is 13.6. The van der Waals surface area contributed by atoms with Crippen molar-refractivity contribution in [2.75, 3.05) is 0 Å². The van der Waals surface area contributed by atoms with E-state index in [1.54, 1.807) is 6.08 Å². The van der Waals surface area contributed by atoms with Crippen molar-refractivity contribution in [3.63, 3.8) is 0 Å². The summed E-state index contributed by atoms with van der Waals surface area (Å²) in [5.41, 5.74) is 4.99. The first-order chi connectivity index (χ1) is 12.5. The van der Waals surface area contributed by atoms with Crippen molar-refractivity contribution in [3.05, 3.63) is 76.9 Å². The van der Waals surface area contributed by atoms with E-state index in [0.717, 1.165) is 11.1 Å². The molecule has 0 radical (unpaired) electrons. The molecule has 0 aliphatic heterocycles. The van der Waals surface area contributed by atoms with Gasteiger partial charge in [0.2, 0.25) is 5.91 Å². The van der Waals surface area contributed by atoms with Gasteiger partial charge in [-0.3, -0.25) is 4.79 Å². The average Bonchev–Trinajstić information content (AvgIpc) is 2.59. The summed E-state index contributed by atoms with van der Waals surface area (Å²) in [5.74, 6) is -0.0812. The number of hydrogen-bond donors (Lipinski definition) is 1. The second-order valence-electron chi connectivity index (χ2n) is 9.31. The first kappa shape index (κ1) is 21.0. The van der Waals surface area contributed by atoms with Gasteiger partial charge >= 0.3 is 0 Å². The standard InChI is InChI=1S/C25H33NO/c1-18(20-11-15-22(16-12-20)25(5,6)7)26-23(27)17-10-19-8-13-21(14-9-19)24(2,3)4/h8-18H,1-7H3,(H,26,27)/b17-10+. The summed E-state index contributed by atoms with van der Waals surface area (Å²) in [5, 5.41) is 3.03. The largest absolute Gasteiger partial charge is 0.346 e. The summed E-state index contributed by atoms with van der Waals surface area (Å²) in [6, 6.07) is 16.8. The predicted octanol–water partition coefficient (Wildman–Crippen LogP) is 6.17. The smallest absolute Gasteiger partial charge is 0.244 e. The van der Waals surface area contributed by atoms with Gasteiger partial charge in [-0.2, -0.15) is 0 Å². The number of carbonyl (C=O) groups excluding carboxylic acids is 1. The first-order valence-corrected chi connectivity index (χ1v) is 9.66. The van der Waals surface area contributed by atoms with Crippen molar-refractivity contribution in [2.24, 2.45) is 0 Å². The SMILES string of the molecule is CC(NC(=O)/C=C/c1ccc(C(C)(C)C)cc1)c1ccc(C(C)(C)C)cc1. The zero-order chi connectivity index (χ0) is 20.2. The summed E-state index contributed by atoms with van der Waals surface area (Å²) in [6.07, 6.45) is 3.46. The van der Waals surface area contributed by atoms with E-state index in [2.05, 4.69) is 95.4 Å². The van der Waals surface area contributed by atoms with Gasteiger partial charge in [-0.05, 0) is 46.1 Å². The maximum Gasteiger partial charge on any atom is 0.244 e. The van der Waals surface area contributed by atoms with Gasteiger partial charge in [0.15, 0.2) is 0 Å². The molecule has 1 atom stereocenters. The van der Waals surface area contributed by atoms with E-state index in [9.17, 15) is 4.79 Å². The minimum Gasteiger partial charge on any atom is -0.346 e. The van der Waals surface area contributed by atoms with Crippen molar-refractivity contribution < 1.29 is 4.79 Å². The van der Waals surface area contributed by atoms with Crippen molar-refractivity contribution in [3.8, 4) is 0 Å². The molecular weight excluding hydrogens is 330 g/mol. The third-order valence-electron chi connectivity index (χ3n) is 4.84. The van der Waals surface area contributed by atoms with Gasteiger partial charge in [0, 0.05) is 6.08 Å². The maximum atomic E-state index is 12.3. The highest BCUT2D eigenvalue weighted by Crippen LogP contribution is 2.24. The van der Waals surface area contributed by atoms with Gasteiger partial charge in [-0.1, -0.05) is 90.1 Å². The van der Waals surface area contributed by atoms with Gasteiger partial charge in [0.25, 0.3) is 0 Å². The van der Waals surface area contributed by atoms with Crippen molar-refractivity contribution in [1.82, 2.24) is 5.32 Å². The Balaban J connectivity index is 1.97. The molecule has 1 amide bonds. The summed E-state index contributed by atoms with van der Waals surface area (Å²) in [6.45, 7) is 15.2. The predicted molar refractivity (Wildman–Crippen MR) is 116 cm³/mol. The second kappa shape index (κ2) is 8.12. The van der Waals surface area contributed by atoms with Crippen LogP contribution in [0.4, 0.5) is 0 Å². The fourth-order valence-electron chi connectivity index (χ4n) is 2.88. The van der Waals surface area contributed by atoms with E-state index in [4.69, 9.17) is 0 Å². The van der Waals surface area contributed by atoms with Crippen LogP contribution in [0.2, 0.25) is 0 Å². The van der Waals surface area contributed by atoms with Gasteiger partial charge < -0.3 is 5.32 Å². The third-order valence-corrected chi connectivity index (χ3v) is 4.84. The van der Waals surface area contributed by atoms with Gasteiger partial charge in [0.05, 0.1) is 6.04 Å². The van der Waals surface area contributed by atoms with E-state index in [1.807, 2.05) is 13.0 Å². The lowest BCUT2D eigenvalue weighted by Gasteiger charge is -2.20. The van der Waals surface area contributed by atoms with Gasteiger partial charge in [-0.15, -0.1) is 0 Å². The Kier molecular flexibility index (Phi) is 6.30. The molecule has 2 aromatic rings. The van der Waals surface area contributed by atoms with Crippen LogP contribution in [-0.2, 0) is 15.6 Å². The van der Waals surface area contributed by atoms with Gasteiger partial charge in [-0.25, -0.2) is 0 Å². The summed E-state index contributed by atoms with van der Waals surface area (Å²) in [4.78, 5) is 12.3. The number of hydrogen-bond acceptors (Lipinski definition) is 1. The zero-order valence-electron chi connectivity index (χ0n) is 17.8. The number of amides is 1. The number of rotatable bonds is 4. The number of nitrogens with one attached hydrogen (secondary N) is 1. The topological polar surface area (TPSA) is 29.1 Å². The molecule has 2 aromatic carbocycles. The summed E-state index contributed by atoms with van der Waals surface area (Å²) >= 11 is 0. The van der Waals surface area contributed by atoms with Crippen LogP contribution in [-0.4, -0.2) is 5.91 Å². The fourth-order valence-corrected chi connectivity index (χ4v) is 2.88. The highest BCUT2D eigenvalue weighted by atomic mass is 16.1. The summed E-state index contributed by atoms with van der Waals surface area (Å²) in [7, 11) is 0. The molecular formula is C25H33NO. The molecule has 0 aromatic heterocycles. The molecule has 0 aliphatic rings. The first-order valence-electron chi connectivity index (χ1n) is 9.66. The van der Waals surface area contributed by atoms with Crippen LogP contribution < -0.4 is 5.32 Å². The molecule has 1 unspecified atom stereocenters. The lowest BCUT2D eigenvalue weighted by Crippen LogP contribution is -2.24. The van der Waals surface area contributed by atoms with Crippen LogP contribution in [0, 0.1) is 0 Å². The lowest BCUT2D eigenvalue weighted by atomic mass is 9.86. The highest BCUT2D eigenvalue weighted by Gasteiger charge is 2.15. The molecule has 2 heteroatoms. The molecule has 1 N–H and O–H groups in total. The second-order valence-corrected chi connectivity index (χ2v) is 9.31. The Morgan fingerprint density at radius 1 is 0.815 bits per heavy atom. The molecule has 0 saturated heterocycles. The van der Waals surface area contributed by atoms with Crippen molar-refractivity contribution >= 4 is 12.0 Å². The maximum absolute atomic E-state index is 12.3. The van der Waals surface area contributed by atoms with Crippen LogP contribution >= 0.6 is 0 Å². The number of carbonyl (C=O) groups is 1. The van der Waals surface area contributed by atoms with E-state index in [-0.39, 0.29) is 22.8 Å². The fraction of sp³-hybridized carbons (Fsp3) is 0.400. The highest BCUT2D eigenvalue weighted by molar-refractivity contribution is 5.91. The van der Waals surface area contributed by atoms with Crippen LogP contribution in [0.3, 0.4) is 0 Å². The quantitative estimate of drug-likeness (QED) is 0.646. The van der Waals surface area contributed by atoms with Crippen LogP contribution in [0.15, 0.2) is 54.6 Å². The molecule has 144 valence electrons. The molecule has 0 heterocycles. The Morgan fingerprint density at radius 3 is 1.70 bits per heavy atom. The monoisotopic (exact) mass is 363 g/mol. The molecule has 0 saturated carbocycles. The molecule has 0 bridgehead atoms. The van der Waals surface area contributed by atoms with Crippen LogP contribution in [0.25, 0.3) is 6.08 Å². The van der Waals surface area contributed by atoms with Crippen LogP contribution in [0.5, 0.6) is 0 Å². The minimum atomic E-state index is -0.0812. The van der Waals surface area contributed by atoms with Crippen molar-refractivity contribution in [1.29, 1.82) is 0 Å².